The topological polar surface area (TPSA) is 56.8 Å². The van der Waals surface area contributed by atoms with Crippen LogP contribution in [0.5, 0.6) is 17.2 Å². The van der Waals surface area contributed by atoms with E-state index in [-0.39, 0.29) is 18.6 Å². The molecule has 0 aromatic heterocycles. The molecule has 2 aromatic carbocycles. The molecule has 0 radical (unpaired) electrons. The summed E-state index contributed by atoms with van der Waals surface area (Å²) in [6.45, 7) is -0.0879. The van der Waals surface area contributed by atoms with Crippen LogP contribution >= 0.6 is 0 Å². The van der Waals surface area contributed by atoms with Crippen molar-refractivity contribution in [2.45, 2.75) is 25.3 Å². The van der Waals surface area contributed by atoms with Crippen LogP contribution in [0.2, 0.25) is 0 Å². The number of hydrogen-bond donors (Lipinski definition) is 1. The Kier molecular flexibility index (Phi) is 5.43. The van der Waals surface area contributed by atoms with Crippen molar-refractivity contribution in [3.8, 4) is 17.2 Å². The van der Waals surface area contributed by atoms with E-state index >= 15 is 0 Å². The lowest BCUT2D eigenvalue weighted by Gasteiger charge is -2.26. The molecule has 5 heteroatoms. The largest absolute Gasteiger partial charge is 0.493 e. The normalized spacial score (nSPS) is 15.8. The number of rotatable bonds is 6. The number of benzene rings is 2. The molecule has 0 aliphatic heterocycles. The van der Waals surface area contributed by atoms with Crippen LogP contribution in [-0.2, 0) is 11.2 Å². The van der Waals surface area contributed by atoms with Gasteiger partial charge in [-0.05, 0) is 42.5 Å². The van der Waals surface area contributed by atoms with Gasteiger partial charge in [-0.2, -0.15) is 0 Å². The number of carbonyl (C=O) groups is 1. The Morgan fingerprint density at radius 3 is 2.52 bits per heavy atom. The predicted octanol–water partition coefficient (Wildman–Crippen LogP) is 3.28. The number of ether oxygens (including phenoxy) is 3. The molecule has 0 saturated heterocycles. The van der Waals surface area contributed by atoms with E-state index < -0.39 is 0 Å². The van der Waals surface area contributed by atoms with Crippen LogP contribution in [0.3, 0.4) is 0 Å². The maximum Gasteiger partial charge on any atom is 0.258 e. The molecule has 3 rings (SSSR count). The number of nitrogens with one attached hydrogen (secondary N) is 1. The summed E-state index contributed by atoms with van der Waals surface area (Å²) in [5.74, 6) is 1.35. The highest BCUT2D eigenvalue weighted by atomic mass is 16.5. The number of hydrogen-bond acceptors (Lipinski definition) is 4. The first-order valence-corrected chi connectivity index (χ1v) is 8.44. The summed E-state index contributed by atoms with van der Waals surface area (Å²) in [6.07, 6.45) is 3.08. The number of carbonyl (C=O) groups excluding carboxylic acids is 1. The Morgan fingerprint density at radius 2 is 1.80 bits per heavy atom. The SMILES string of the molecule is COc1cccc(OC)c1OCC(=O)N[C@@H]1CCCc2ccccc21. The van der Waals surface area contributed by atoms with E-state index in [9.17, 15) is 4.79 Å². The third-order valence-corrected chi connectivity index (χ3v) is 4.43. The lowest BCUT2D eigenvalue weighted by molar-refractivity contribution is -0.124. The van der Waals surface area contributed by atoms with E-state index in [0.717, 1.165) is 19.3 Å². The second kappa shape index (κ2) is 7.92. The zero-order chi connectivity index (χ0) is 17.6. The summed E-state index contributed by atoms with van der Waals surface area (Å²) >= 11 is 0. The van der Waals surface area contributed by atoms with E-state index in [1.54, 1.807) is 26.4 Å². The molecular formula is C20H23NO4. The summed E-state index contributed by atoms with van der Waals surface area (Å²) in [6, 6.07) is 13.7. The van der Waals surface area contributed by atoms with E-state index in [4.69, 9.17) is 14.2 Å². The van der Waals surface area contributed by atoms with Crippen molar-refractivity contribution >= 4 is 5.91 Å². The van der Waals surface area contributed by atoms with Crippen molar-refractivity contribution in [1.82, 2.24) is 5.32 Å². The van der Waals surface area contributed by atoms with Crippen LogP contribution in [-0.4, -0.2) is 26.7 Å². The highest BCUT2D eigenvalue weighted by Crippen LogP contribution is 2.36. The lowest BCUT2D eigenvalue weighted by Crippen LogP contribution is -2.34. The van der Waals surface area contributed by atoms with Gasteiger partial charge in [-0.15, -0.1) is 0 Å². The molecule has 0 spiro atoms. The molecule has 25 heavy (non-hydrogen) atoms. The Labute approximate surface area is 147 Å². The summed E-state index contributed by atoms with van der Waals surface area (Å²) in [5.41, 5.74) is 2.52. The number of amides is 1. The van der Waals surface area contributed by atoms with Crippen molar-refractivity contribution in [2.75, 3.05) is 20.8 Å². The van der Waals surface area contributed by atoms with Crippen LogP contribution in [0, 0.1) is 0 Å². The standard InChI is InChI=1S/C20H23NO4/c1-23-17-11-6-12-18(24-2)20(17)25-13-19(22)21-16-10-5-8-14-7-3-4-9-15(14)16/h3-4,6-7,9,11-12,16H,5,8,10,13H2,1-2H3,(H,21,22)/t16-/m1/s1. The van der Waals surface area contributed by atoms with Crippen LogP contribution in [0.15, 0.2) is 42.5 Å². The number of fused-ring (bicyclic) bond motifs is 1. The lowest BCUT2D eigenvalue weighted by atomic mass is 9.88. The van der Waals surface area contributed by atoms with Crippen molar-refractivity contribution in [2.24, 2.45) is 0 Å². The van der Waals surface area contributed by atoms with Gasteiger partial charge in [0.05, 0.1) is 20.3 Å². The van der Waals surface area contributed by atoms with Crippen molar-refractivity contribution < 1.29 is 19.0 Å². The van der Waals surface area contributed by atoms with Crippen molar-refractivity contribution in [1.29, 1.82) is 0 Å². The van der Waals surface area contributed by atoms with Crippen molar-refractivity contribution in [3.63, 3.8) is 0 Å². The van der Waals surface area contributed by atoms with Gasteiger partial charge in [0, 0.05) is 0 Å². The van der Waals surface area contributed by atoms with E-state index in [1.807, 2.05) is 18.2 Å². The van der Waals surface area contributed by atoms with Gasteiger partial charge in [-0.1, -0.05) is 30.3 Å². The summed E-state index contributed by atoms with van der Waals surface area (Å²) in [5, 5.41) is 3.07. The van der Waals surface area contributed by atoms with Gasteiger partial charge in [-0.25, -0.2) is 0 Å². The van der Waals surface area contributed by atoms with E-state index in [1.165, 1.54) is 11.1 Å². The number of methoxy groups -OCH3 is 2. The van der Waals surface area contributed by atoms with Crippen LogP contribution < -0.4 is 19.5 Å². The molecule has 0 saturated carbocycles. The zero-order valence-electron chi connectivity index (χ0n) is 14.6. The Bertz CT molecular complexity index is 722. The molecular weight excluding hydrogens is 318 g/mol. The van der Waals surface area contributed by atoms with Crippen molar-refractivity contribution in [3.05, 3.63) is 53.6 Å². The first-order valence-electron chi connectivity index (χ1n) is 8.44. The van der Waals surface area contributed by atoms with Gasteiger partial charge in [0.15, 0.2) is 18.1 Å². The van der Waals surface area contributed by atoms with Crippen LogP contribution in [0.4, 0.5) is 0 Å². The fourth-order valence-corrected chi connectivity index (χ4v) is 3.24. The quantitative estimate of drug-likeness (QED) is 0.876. The molecule has 0 heterocycles. The summed E-state index contributed by atoms with van der Waals surface area (Å²) in [7, 11) is 3.11. The number of para-hydroxylation sites is 1. The van der Waals surface area contributed by atoms with Crippen LogP contribution in [0.25, 0.3) is 0 Å². The van der Waals surface area contributed by atoms with Gasteiger partial charge < -0.3 is 19.5 Å². The average Bonchev–Trinajstić information content (AvgIpc) is 2.66. The van der Waals surface area contributed by atoms with Crippen LogP contribution in [0.1, 0.15) is 30.0 Å². The summed E-state index contributed by atoms with van der Waals surface area (Å²) < 4.78 is 16.2. The third-order valence-electron chi connectivity index (χ3n) is 4.43. The smallest absolute Gasteiger partial charge is 0.258 e. The molecule has 0 bridgehead atoms. The molecule has 0 fully saturated rings. The molecule has 1 aliphatic rings. The zero-order valence-corrected chi connectivity index (χ0v) is 14.6. The molecule has 0 unspecified atom stereocenters. The minimum atomic E-state index is -0.158. The fourth-order valence-electron chi connectivity index (χ4n) is 3.24. The minimum Gasteiger partial charge on any atom is -0.493 e. The maximum absolute atomic E-state index is 12.4. The Balaban J connectivity index is 1.65. The monoisotopic (exact) mass is 341 g/mol. The van der Waals surface area contributed by atoms with Gasteiger partial charge >= 0.3 is 0 Å². The molecule has 1 N–H and O–H groups in total. The van der Waals surface area contributed by atoms with E-state index in [2.05, 4.69) is 17.4 Å². The third kappa shape index (κ3) is 3.87. The second-order valence-electron chi connectivity index (χ2n) is 5.99. The Morgan fingerprint density at radius 1 is 1.08 bits per heavy atom. The van der Waals surface area contributed by atoms with Gasteiger partial charge in [0.1, 0.15) is 0 Å². The molecule has 132 valence electrons. The first-order chi connectivity index (χ1) is 12.2. The average molecular weight is 341 g/mol. The minimum absolute atomic E-state index is 0.0422. The number of aryl methyl sites for hydroxylation is 1. The van der Waals surface area contributed by atoms with Gasteiger partial charge in [-0.3, -0.25) is 4.79 Å². The van der Waals surface area contributed by atoms with Gasteiger partial charge in [0.25, 0.3) is 5.91 Å². The van der Waals surface area contributed by atoms with E-state index in [0.29, 0.717) is 17.2 Å². The maximum atomic E-state index is 12.4. The molecule has 2 aromatic rings. The molecule has 5 nitrogen and oxygen atoms in total. The Hall–Kier alpha value is -2.69. The molecule has 1 amide bonds. The highest BCUT2D eigenvalue weighted by molar-refractivity contribution is 5.78. The molecule has 1 aliphatic carbocycles. The summed E-state index contributed by atoms with van der Waals surface area (Å²) in [4.78, 5) is 12.4. The first kappa shape index (κ1) is 17.1. The fraction of sp³-hybridized carbons (Fsp3) is 0.350. The predicted molar refractivity (Wildman–Crippen MR) is 95.3 cm³/mol. The molecule has 1 atom stereocenters. The second-order valence-corrected chi connectivity index (χ2v) is 5.99. The highest BCUT2D eigenvalue weighted by Gasteiger charge is 2.22. The van der Waals surface area contributed by atoms with Gasteiger partial charge in [0.2, 0.25) is 5.75 Å².